The van der Waals surface area contributed by atoms with Crippen LogP contribution in [0.1, 0.15) is 32.1 Å². The number of amides is 1. The molecule has 0 radical (unpaired) electrons. The SMILES string of the molecule is NC(=O)C1(NN2CCCOCO2)CCCC1. The summed E-state index contributed by atoms with van der Waals surface area (Å²) in [6.07, 6.45) is 4.49. The summed E-state index contributed by atoms with van der Waals surface area (Å²) in [4.78, 5) is 16.9. The molecular weight excluding hydrogens is 210 g/mol. The Bertz CT molecular complexity index is 246. The highest BCUT2D eigenvalue weighted by Crippen LogP contribution is 2.29. The molecule has 0 aromatic carbocycles. The van der Waals surface area contributed by atoms with Crippen LogP contribution in [0.5, 0.6) is 0 Å². The summed E-state index contributed by atoms with van der Waals surface area (Å²) in [5, 5.41) is 1.60. The Morgan fingerprint density at radius 2 is 2.06 bits per heavy atom. The summed E-state index contributed by atoms with van der Waals surface area (Å²) in [7, 11) is 0. The number of nitrogens with one attached hydrogen (secondary N) is 1. The van der Waals surface area contributed by atoms with Crippen molar-refractivity contribution in [3.63, 3.8) is 0 Å². The first-order valence-electron chi connectivity index (χ1n) is 5.79. The normalized spacial score (nSPS) is 26.5. The molecule has 3 N–H and O–H groups in total. The van der Waals surface area contributed by atoms with Crippen LogP contribution in [0.4, 0.5) is 0 Å². The van der Waals surface area contributed by atoms with Gasteiger partial charge in [-0.3, -0.25) is 9.63 Å². The molecule has 0 aromatic heterocycles. The zero-order valence-corrected chi connectivity index (χ0v) is 9.41. The van der Waals surface area contributed by atoms with Crippen LogP contribution >= 0.6 is 0 Å². The lowest BCUT2D eigenvalue weighted by Gasteiger charge is -2.32. The Kier molecular flexibility index (Phi) is 3.75. The number of ether oxygens (including phenoxy) is 1. The monoisotopic (exact) mass is 229 g/mol. The van der Waals surface area contributed by atoms with Crippen molar-refractivity contribution >= 4 is 5.91 Å². The third kappa shape index (κ3) is 2.52. The van der Waals surface area contributed by atoms with Crippen LogP contribution < -0.4 is 11.2 Å². The number of carbonyl (C=O) groups is 1. The van der Waals surface area contributed by atoms with Crippen molar-refractivity contribution < 1.29 is 14.4 Å². The predicted octanol–water partition coefficient (Wildman–Crippen LogP) is -0.0995. The molecule has 2 aliphatic rings. The first-order chi connectivity index (χ1) is 7.73. The lowest BCUT2D eigenvalue weighted by atomic mass is 9.98. The molecule has 16 heavy (non-hydrogen) atoms. The average molecular weight is 229 g/mol. The van der Waals surface area contributed by atoms with Crippen LogP contribution in [0.15, 0.2) is 0 Å². The van der Waals surface area contributed by atoms with Gasteiger partial charge < -0.3 is 10.5 Å². The van der Waals surface area contributed by atoms with E-state index in [0.29, 0.717) is 13.2 Å². The van der Waals surface area contributed by atoms with Gasteiger partial charge in [0.2, 0.25) is 5.91 Å². The van der Waals surface area contributed by atoms with Gasteiger partial charge in [-0.25, -0.2) is 5.43 Å². The molecular formula is C10H19N3O3. The van der Waals surface area contributed by atoms with E-state index in [2.05, 4.69) is 5.43 Å². The van der Waals surface area contributed by atoms with E-state index < -0.39 is 5.54 Å². The molecule has 1 amide bonds. The summed E-state index contributed by atoms with van der Waals surface area (Å²) < 4.78 is 5.16. The zero-order valence-electron chi connectivity index (χ0n) is 9.41. The highest BCUT2D eigenvalue weighted by Gasteiger charge is 2.41. The third-order valence-electron chi connectivity index (χ3n) is 3.21. The zero-order chi connectivity index (χ0) is 11.4. The van der Waals surface area contributed by atoms with Gasteiger partial charge >= 0.3 is 0 Å². The predicted molar refractivity (Wildman–Crippen MR) is 56.8 cm³/mol. The summed E-state index contributed by atoms with van der Waals surface area (Å²) >= 11 is 0. The maximum atomic E-state index is 11.5. The number of nitrogens with zero attached hydrogens (tertiary/aromatic N) is 1. The maximum absolute atomic E-state index is 11.5. The fourth-order valence-corrected chi connectivity index (χ4v) is 2.25. The molecule has 0 unspecified atom stereocenters. The molecule has 0 aromatic rings. The van der Waals surface area contributed by atoms with Gasteiger partial charge in [0.25, 0.3) is 0 Å². The number of nitrogens with two attached hydrogens (primary N) is 1. The number of hydrogen-bond donors (Lipinski definition) is 2. The number of hydrogen-bond acceptors (Lipinski definition) is 5. The van der Waals surface area contributed by atoms with Crippen LogP contribution in [0, 0.1) is 0 Å². The second-order valence-corrected chi connectivity index (χ2v) is 4.38. The van der Waals surface area contributed by atoms with Gasteiger partial charge in [0.05, 0.1) is 6.61 Å². The first-order valence-corrected chi connectivity index (χ1v) is 5.79. The Morgan fingerprint density at radius 1 is 1.31 bits per heavy atom. The van der Waals surface area contributed by atoms with E-state index in [1.807, 2.05) is 0 Å². The van der Waals surface area contributed by atoms with Crippen molar-refractivity contribution in [1.82, 2.24) is 10.6 Å². The molecule has 92 valence electrons. The summed E-state index contributed by atoms with van der Waals surface area (Å²) in [5.74, 6) is -0.293. The molecule has 6 heteroatoms. The minimum atomic E-state index is -0.621. The van der Waals surface area contributed by atoms with Gasteiger partial charge in [-0.05, 0) is 19.3 Å². The van der Waals surface area contributed by atoms with Gasteiger partial charge in [0.15, 0.2) is 6.79 Å². The van der Waals surface area contributed by atoms with E-state index in [9.17, 15) is 4.79 Å². The maximum Gasteiger partial charge on any atom is 0.239 e. The van der Waals surface area contributed by atoms with Gasteiger partial charge in [0, 0.05) is 6.54 Å². The third-order valence-corrected chi connectivity index (χ3v) is 3.21. The Balaban J connectivity index is 1.96. The second-order valence-electron chi connectivity index (χ2n) is 4.38. The summed E-state index contributed by atoms with van der Waals surface area (Å²) in [6.45, 7) is 1.61. The molecule has 1 saturated heterocycles. The van der Waals surface area contributed by atoms with E-state index in [4.69, 9.17) is 15.3 Å². The fourth-order valence-electron chi connectivity index (χ4n) is 2.25. The quantitative estimate of drug-likeness (QED) is 0.706. The van der Waals surface area contributed by atoms with Crippen molar-refractivity contribution in [1.29, 1.82) is 0 Å². The molecule has 0 spiro atoms. The first kappa shape index (κ1) is 11.8. The minimum Gasteiger partial charge on any atom is -0.368 e. The van der Waals surface area contributed by atoms with E-state index in [-0.39, 0.29) is 12.7 Å². The van der Waals surface area contributed by atoms with Crippen molar-refractivity contribution in [2.75, 3.05) is 19.9 Å². The van der Waals surface area contributed by atoms with Crippen molar-refractivity contribution in [2.24, 2.45) is 5.73 Å². The van der Waals surface area contributed by atoms with E-state index in [1.165, 1.54) is 0 Å². The molecule has 2 fully saturated rings. The standard InChI is InChI=1S/C10H19N3O3/c11-9(14)10(4-1-2-5-10)12-13-6-3-7-15-8-16-13/h12H,1-8H2,(H2,11,14). The topological polar surface area (TPSA) is 76.8 Å². The smallest absolute Gasteiger partial charge is 0.239 e. The highest BCUT2D eigenvalue weighted by atomic mass is 16.8. The minimum absolute atomic E-state index is 0.224. The molecule has 1 saturated carbocycles. The van der Waals surface area contributed by atoms with Crippen molar-refractivity contribution in [3.8, 4) is 0 Å². The largest absolute Gasteiger partial charge is 0.368 e. The number of hydroxylamine groups is 1. The van der Waals surface area contributed by atoms with Crippen LogP contribution in [0.25, 0.3) is 0 Å². The van der Waals surface area contributed by atoms with Crippen molar-refractivity contribution in [2.45, 2.75) is 37.6 Å². The molecule has 0 atom stereocenters. The van der Waals surface area contributed by atoms with Crippen LogP contribution in [-0.4, -0.2) is 36.6 Å². The highest BCUT2D eigenvalue weighted by molar-refractivity contribution is 5.84. The molecule has 2 rings (SSSR count). The molecule has 0 bridgehead atoms. The van der Waals surface area contributed by atoms with Gasteiger partial charge in [-0.1, -0.05) is 12.8 Å². The number of hydrazine groups is 1. The number of rotatable bonds is 3. The van der Waals surface area contributed by atoms with Crippen molar-refractivity contribution in [3.05, 3.63) is 0 Å². The van der Waals surface area contributed by atoms with Crippen LogP contribution in [-0.2, 0) is 14.4 Å². The number of primary amides is 1. The lowest BCUT2D eigenvalue weighted by molar-refractivity contribution is -0.244. The van der Waals surface area contributed by atoms with E-state index in [0.717, 1.165) is 32.1 Å². The molecule has 6 nitrogen and oxygen atoms in total. The van der Waals surface area contributed by atoms with E-state index >= 15 is 0 Å². The summed E-state index contributed by atoms with van der Waals surface area (Å²) in [5.41, 5.74) is 7.98. The fraction of sp³-hybridized carbons (Fsp3) is 0.900. The van der Waals surface area contributed by atoms with E-state index in [1.54, 1.807) is 5.17 Å². The molecule has 1 aliphatic heterocycles. The van der Waals surface area contributed by atoms with Gasteiger partial charge in [0.1, 0.15) is 5.54 Å². The van der Waals surface area contributed by atoms with Crippen LogP contribution in [0.2, 0.25) is 0 Å². The second kappa shape index (κ2) is 5.09. The Labute approximate surface area is 95.0 Å². The molecule has 1 heterocycles. The number of carbonyl (C=O) groups excluding carboxylic acids is 1. The van der Waals surface area contributed by atoms with Gasteiger partial charge in [-0.2, -0.15) is 0 Å². The Hall–Kier alpha value is -0.690. The molecule has 1 aliphatic carbocycles. The lowest BCUT2D eigenvalue weighted by Crippen LogP contribution is -2.59. The van der Waals surface area contributed by atoms with Gasteiger partial charge in [-0.15, -0.1) is 5.17 Å². The average Bonchev–Trinajstić information content (AvgIpc) is 2.58. The Morgan fingerprint density at radius 3 is 2.75 bits per heavy atom. The van der Waals surface area contributed by atoms with Crippen LogP contribution in [0.3, 0.4) is 0 Å². The summed E-state index contributed by atoms with van der Waals surface area (Å²) in [6, 6.07) is 0.